The number of allylic oxidation sites excluding steroid dienone is 3. The molecule has 2 saturated carbocycles. The highest BCUT2D eigenvalue weighted by atomic mass is 32.2. The van der Waals surface area contributed by atoms with E-state index in [1.54, 1.807) is 60.7 Å². The summed E-state index contributed by atoms with van der Waals surface area (Å²) in [5, 5.41) is -2.09. The third-order valence-corrected chi connectivity index (χ3v) is 13.6. The molecule has 7 rings (SSSR count). The lowest BCUT2D eigenvalue weighted by Crippen LogP contribution is -2.45. The zero-order chi connectivity index (χ0) is 25.4. The molecule has 3 aromatic carbocycles. The van der Waals surface area contributed by atoms with E-state index >= 15 is 0 Å². The van der Waals surface area contributed by atoms with Gasteiger partial charge in [-0.25, -0.2) is 16.8 Å². The second-order valence-electron chi connectivity index (χ2n) is 10.8. The highest BCUT2D eigenvalue weighted by Crippen LogP contribution is 2.68. The van der Waals surface area contributed by atoms with Crippen molar-refractivity contribution in [3.8, 4) is 0 Å². The zero-order valence-corrected chi connectivity index (χ0v) is 21.9. The van der Waals surface area contributed by atoms with Crippen LogP contribution in [-0.2, 0) is 19.7 Å². The largest absolute Gasteiger partial charge is 0.223 e. The first-order chi connectivity index (χ1) is 17.9. The Morgan fingerprint density at radius 1 is 0.568 bits per heavy atom. The van der Waals surface area contributed by atoms with Gasteiger partial charge in [0.15, 0.2) is 19.7 Å². The summed E-state index contributed by atoms with van der Waals surface area (Å²) in [6.45, 7) is 0. The Morgan fingerprint density at radius 2 is 0.973 bits per heavy atom. The minimum absolute atomic E-state index is 0.199. The fourth-order valence-corrected chi connectivity index (χ4v) is 12.6. The van der Waals surface area contributed by atoms with Crippen LogP contribution in [-0.4, -0.2) is 27.3 Å². The Bertz CT molecular complexity index is 1540. The molecular formula is C31H28O4S2. The van der Waals surface area contributed by atoms with Gasteiger partial charge in [-0.3, -0.25) is 0 Å². The SMILES string of the molecule is O=S(=O)(c1ccccc1)[C@H]1[C@H]2C(=Cc3ccccc3)[C@@H](C3=C2[C@H]2CC[C@H]3C2)[C@@H]1S(=O)(=O)c1ccccc1. The Morgan fingerprint density at radius 3 is 1.41 bits per heavy atom. The molecule has 4 bridgehead atoms. The molecule has 0 heterocycles. The zero-order valence-electron chi connectivity index (χ0n) is 20.3. The van der Waals surface area contributed by atoms with Gasteiger partial charge in [0, 0.05) is 11.8 Å². The summed E-state index contributed by atoms with van der Waals surface area (Å²) in [6.07, 6.45) is 5.26. The van der Waals surface area contributed by atoms with Crippen LogP contribution in [0.3, 0.4) is 0 Å². The van der Waals surface area contributed by atoms with E-state index in [9.17, 15) is 16.8 Å². The van der Waals surface area contributed by atoms with Gasteiger partial charge in [0.05, 0.1) is 20.3 Å². The van der Waals surface area contributed by atoms with Crippen molar-refractivity contribution in [1.29, 1.82) is 0 Å². The van der Waals surface area contributed by atoms with E-state index in [-0.39, 0.29) is 9.79 Å². The van der Waals surface area contributed by atoms with Gasteiger partial charge < -0.3 is 0 Å². The Kier molecular flexibility index (Phi) is 5.18. The first kappa shape index (κ1) is 23.2. The quantitative estimate of drug-likeness (QED) is 0.313. The molecule has 0 radical (unpaired) electrons. The second kappa shape index (κ2) is 8.27. The van der Waals surface area contributed by atoms with Gasteiger partial charge in [0.1, 0.15) is 0 Å². The summed E-state index contributed by atoms with van der Waals surface area (Å²) in [7, 11) is -7.89. The molecule has 0 amide bonds. The van der Waals surface area contributed by atoms with Crippen molar-refractivity contribution in [3.63, 3.8) is 0 Å². The highest BCUT2D eigenvalue weighted by Gasteiger charge is 2.67. The fourth-order valence-electron chi connectivity index (χ4n) is 7.72. The van der Waals surface area contributed by atoms with Crippen molar-refractivity contribution in [3.05, 3.63) is 113 Å². The van der Waals surface area contributed by atoms with E-state index in [1.165, 1.54) is 11.1 Å². The Balaban J connectivity index is 1.50. The first-order valence-corrected chi connectivity index (χ1v) is 16.1. The molecule has 4 nitrogen and oxygen atoms in total. The molecule has 0 spiro atoms. The second-order valence-corrected chi connectivity index (χ2v) is 15.0. The van der Waals surface area contributed by atoms with Crippen LogP contribution in [0.15, 0.2) is 118 Å². The summed E-state index contributed by atoms with van der Waals surface area (Å²) >= 11 is 0. The summed E-state index contributed by atoms with van der Waals surface area (Å²) < 4.78 is 57.6. The number of fused-ring (bicyclic) bond motifs is 8. The van der Waals surface area contributed by atoms with Crippen molar-refractivity contribution in [1.82, 2.24) is 0 Å². The number of sulfone groups is 2. The maximum Gasteiger partial charge on any atom is 0.183 e. The maximum atomic E-state index is 14.4. The average Bonchev–Trinajstić information content (AvgIpc) is 3.69. The molecule has 4 aliphatic rings. The van der Waals surface area contributed by atoms with E-state index in [2.05, 4.69) is 6.08 Å². The van der Waals surface area contributed by atoms with Crippen LogP contribution >= 0.6 is 0 Å². The number of rotatable bonds is 5. The third kappa shape index (κ3) is 3.31. The molecule has 0 aromatic heterocycles. The van der Waals surface area contributed by atoms with E-state index in [0.29, 0.717) is 11.8 Å². The van der Waals surface area contributed by atoms with Crippen molar-refractivity contribution in [2.45, 2.75) is 39.6 Å². The monoisotopic (exact) mass is 528 g/mol. The predicted octanol–water partition coefficient (Wildman–Crippen LogP) is 5.74. The fraction of sp³-hybridized carbons (Fsp3) is 0.290. The first-order valence-electron chi connectivity index (χ1n) is 13.0. The van der Waals surface area contributed by atoms with Crippen LogP contribution in [0.1, 0.15) is 24.8 Å². The van der Waals surface area contributed by atoms with Crippen LogP contribution in [0.5, 0.6) is 0 Å². The molecular weight excluding hydrogens is 500 g/mol. The lowest BCUT2D eigenvalue weighted by molar-refractivity contribution is 0.494. The van der Waals surface area contributed by atoms with Crippen LogP contribution < -0.4 is 0 Å². The number of hydrogen-bond donors (Lipinski definition) is 0. The summed E-state index contributed by atoms with van der Waals surface area (Å²) in [4.78, 5) is 0.398. The lowest BCUT2D eigenvalue weighted by Gasteiger charge is -2.35. The van der Waals surface area contributed by atoms with Gasteiger partial charge in [-0.1, -0.05) is 89.5 Å². The van der Waals surface area contributed by atoms with Crippen LogP contribution in [0.25, 0.3) is 6.08 Å². The van der Waals surface area contributed by atoms with Gasteiger partial charge in [-0.15, -0.1) is 0 Å². The molecule has 6 atom stereocenters. The Labute approximate surface area is 218 Å². The smallest absolute Gasteiger partial charge is 0.183 e. The Hall–Kier alpha value is -2.96. The topological polar surface area (TPSA) is 68.3 Å². The maximum absolute atomic E-state index is 14.4. The van der Waals surface area contributed by atoms with Crippen LogP contribution in [0.4, 0.5) is 0 Å². The molecule has 0 unspecified atom stereocenters. The number of benzene rings is 3. The van der Waals surface area contributed by atoms with Gasteiger partial charge in [0.25, 0.3) is 0 Å². The molecule has 3 aromatic rings. The number of hydrogen-bond acceptors (Lipinski definition) is 4. The van der Waals surface area contributed by atoms with Gasteiger partial charge in [-0.05, 0) is 60.9 Å². The normalized spacial score (nSPS) is 30.1. The molecule has 2 fully saturated rings. The van der Waals surface area contributed by atoms with Gasteiger partial charge in [0.2, 0.25) is 0 Å². The molecule has 0 N–H and O–H groups in total. The highest BCUT2D eigenvalue weighted by molar-refractivity contribution is 7.96. The minimum Gasteiger partial charge on any atom is -0.223 e. The summed E-state index contributed by atoms with van der Waals surface area (Å²) in [5.74, 6) is -0.0700. The van der Waals surface area contributed by atoms with Crippen molar-refractivity contribution in [2.75, 3.05) is 0 Å². The van der Waals surface area contributed by atoms with Gasteiger partial charge in [-0.2, -0.15) is 0 Å². The lowest BCUT2D eigenvalue weighted by atomic mass is 9.82. The van der Waals surface area contributed by atoms with E-state index in [1.807, 2.05) is 30.3 Å². The third-order valence-electron chi connectivity index (χ3n) is 9.01. The van der Waals surface area contributed by atoms with Crippen LogP contribution in [0, 0.1) is 23.7 Å². The van der Waals surface area contributed by atoms with E-state index in [4.69, 9.17) is 0 Å². The van der Waals surface area contributed by atoms with Crippen molar-refractivity contribution < 1.29 is 16.8 Å². The average molecular weight is 529 g/mol. The summed E-state index contributed by atoms with van der Waals surface area (Å²) in [5.41, 5.74) is 4.44. The van der Waals surface area contributed by atoms with Crippen molar-refractivity contribution in [2.24, 2.45) is 23.7 Å². The molecule has 0 saturated heterocycles. The predicted molar refractivity (Wildman–Crippen MR) is 144 cm³/mol. The van der Waals surface area contributed by atoms with E-state index in [0.717, 1.165) is 30.4 Å². The minimum atomic E-state index is -3.94. The van der Waals surface area contributed by atoms with E-state index < -0.39 is 42.0 Å². The molecule has 6 heteroatoms. The van der Waals surface area contributed by atoms with Crippen LogP contribution in [0.2, 0.25) is 0 Å². The molecule has 0 aliphatic heterocycles. The standard InChI is InChI=1S/C31H28O4S2/c32-36(33,23-12-6-2-7-13-23)30-28-25(18-20-10-4-1-5-11-20)29(27-22-17-16-21(19-22)26(27)28)31(30)37(34,35)24-14-8-3-9-15-24/h1-15,18,21-22,28-31H,16-17,19H2/t21-,22-,28-,29-,30-,31-/m0/s1. The van der Waals surface area contributed by atoms with Gasteiger partial charge >= 0.3 is 0 Å². The summed E-state index contributed by atoms with van der Waals surface area (Å²) in [6, 6.07) is 26.7. The molecule has 37 heavy (non-hydrogen) atoms. The molecule has 188 valence electrons. The van der Waals surface area contributed by atoms with Crippen molar-refractivity contribution >= 4 is 25.8 Å². The molecule has 4 aliphatic carbocycles.